The Balaban J connectivity index is 1.55. The summed E-state index contributed by atoms with van der Waals surface area (Å²) in [5, 5.41) is 7.46. The van der Waals surface area contributed by atoms with Gasteiger partial charge in [0.05, 0.1) is 5.54 Å². The quantitative estimate of drug-likeness (QED) is 0.374. The molecule has 182 valence electrons. The molecule has 0 aromatic heterocycles. The van der Waals surface area contributed by atoms with E-state index in [4.69, 9.17) is 21.1 Å². The predicted octanol–water partition coefficient (Wildman–Crippen LogP) is 5.13. The van der Waals surface area contributed by atoms with Crippen LogP contribution in [0.1, 0.15) is 49.5 Å². The van der Waals surface area contributed by atoms with Crippen LogP contribution in [0, 0.1) is 6.92 Å². The summed E-state index contributed by atoms with van der Waals surface area (Å²) >= 11 is 5.59. The lowest BCUT2D eigenvalue weighted by Gasteiger charge is -2.51. The van der Waals surface area contributed by atoms with Crippen molar-refractivity contribution in [1.82, 2.24) is 10.6 Å². The van der Waals surface area contributed by atoms with Crippen LogP contribution in [0.3, 0.4) is 0 Å². The third kappa shape index (κ3) is 4.73. The summed E-state index contributed by atoms with van der Waals surface area (Å²) in [6.45, 7) is 6.15. The summed E-state index contributed by atoms with van der Waals surface area (Å²) < 4.78 is 37.7. The van der Waals surface area contributed by atoms with Gasteiger partial charge >= 0.3 is 10.1 Å². The van der Waals surface area contributed by atoms with Crippen molar-refractivity contribution in [3.63, 3.8) is 0 Å². The minimum Gasteiger partial charge on any atom is -0.485 e. The van der Waals surface area contributed by atoms with E-state index in [1.807, 2.05) is 43.3 Å². The molecule has 8 heteroatoms. The monoisotopic (exact) mass is 508 g/mol. The summed E-state index contributed by atoms with van der Waals surface area (Å²) in [6, 6.07) is 21.8. The van der Waals surface area contributed by atoms with Crippen LogP contribution in [-0.4, -0.2) is 19.1 Å². The zero-order valence-corrected chi connectivity index (χ0v) is 21.5. The number of hydrogen-bond donors (Lipinski definition) is 2. The van der Waals surface area contributed by atoms with Crippen molar-refractivity contribution in [3.05, 3.63) is 89.5 Å². The van der Waals surface area contributed by atoms with Crippen LogP contribution >= 0.6 is 12.2 Å². The third-order valence-corrected chi connectivity index (χ3v) is 7.97. The molecule has 1 fully saturated rings. The Morgan fingerprint density at radius 1 is 1.00 bits per heavy atom. The van der Waals surface area contributed by atoms with Crippen molar-refractivity contribution >= 4 is 27.4 Å². The van der Waals surface area contributed by atoms with E-state index in [9.17, 15) is 8.42 Å². The van der Waals surface area contributed by atoms with Gasteiger partial charge in [-0.25, -0.2) is 0 Å². The van der Waals surface area contributed by atoms with Crippen LogP contribution in [-0.2, 0) is 15.7 Å². The molecular weight excluding hydrogens is 480 g/mol. The second-order valence-corrected chi connectivity index (χ2v) is 11.9. The molecule has 1 spiro atoms. The average Bonchev–Trinajstić information content (AvgIpc) is 2.78. The summed E-state index contributed by atoms with van der Waals surface area (Å²) in [5.41, 5.74) is 2.23. The molecule has 0 bridgehead atoms. The Kier molecular flexibility index (Phi) is 5.76. The van der Waals surface area contributed by atoms with Crippen molar-refractivity contribution in [2.24, 2.45) is 0 Å². The molecule has 0 saturated carbocycles. The first-order valence-corrected chi connectivity index (χ1v) is 13.3. The fourth-order valence-corrected chi connectivity index (χ4v) is 6.48. The molecule has 0 unspecified atom stereocenters. The molecule has 3 aromatic carbocycles. The van der Waals surface area contributed by atoms with E-state index in [0.29, 0.717) is 17.3 Å². The molecule has 1 saturated heterocycles. The number of aryl methyl sites for hydroxylation is 1. The van der Waals surface area contributed by atoms with Gasteiger partial charge in [0.2, 0.25) is 0 Å². The van der Waals surface area contributed by atoms with E-state index in [0.717, 1.165) is 23.1 Å². The van der Waals surface area contributed by atoms with Crippen molar-refractivity contribution in [1.29, 1.82) is 0 Å². The van der Waals surface area contributed by atoms with Gasteiger partial charge in [-0.1, -0.05) is 48.0 Å². The maximum atomic E-state index is 12.9. The topological polar surface area (TPSA) is 76.7 Å². The number of ether oxygens (including phenoxy) is 1. The number of hydrogen-bond acceptors (Lipinski definition) is 5. The van der Waals surface area contributed by atoms with Gasteiger partial charge in [0.1, 0.15) is 22.5 Å². The normalized spacial score (nSPS) is 22.9. The molecule has 2 aliphatic heterocycles. The van der Waals surface area contributed by atoms with Gasteiger partial charge in [-0.05, 0) is 69.2 Å². The van der Waals surface area contributed by atoms with Gasteiger partial charge in [-0.3, -0.25) is 0 Å². The number of rotatable bonds is 4. The van der Waals surface area contributed by atoms with Crippen molar-refractivity contribution in [3.8, 4) is 11.5 Å². The lowest BCUT2D eigenvalue weighted by atomic mass is 9.72. The first kappa shape index (κ1) is 23.6. The Hall–Kier alpha value is -3.10. The smallest absolute Gasteiger partial charge is 0.339 e. The van der Waals surface area contributed by atoms with Crippen molar-refractivity contribution < 1.29 is 17.3 Å². The van der Waals surface area contributed by atoms with Crippen LogP contribution in [0.4, 0.5) is 0 Å². The third-order valence-electron chi connectivity index (χ3n) is 6.51. The minimum absolute atomic E-state index is 0.104. The van der Waals surface area contributed by atoms with Gasteiger partial charge in [-0.2, -0.15) is 8.42 Å². The van der Waals surface area contributed by atoms with E-state index in [1.54, 1.807) is 36.4 Å². The van der Waals surface area contributed by atoms with Crippen molar-refractivity contribution in [2.45, 2.75) is 55.7 Å². The maximum absolute atomic E-state index is 12.9. The molecule has 6 nitrogen and oxygen atoms in total. The lowest BCUT2D eigenvalue weighted by molar-refractivity contribution is 0.0871. The largest absolute Gasteiger partial charge is 0.485 e. The highest BCUT2D eigenvalue weighted by atomic mass is 32.2. The van der Waals surface area contributed by atoms with Crippen LogP contribution in [0.25, 0.3) is 0 Å². The molecule has 5 rings (SSSR count). The molecular formula is C27H28N2O4S2. The van der Waals surface area contributed by atoms with E-state index in [2.05, 4.69) is 24.5 Å². The van der Waals surface area contributed by atoms with E-state index < -0.39 is 15.7 Å². The fraction of sp³-hybridized carbons (Fsp3) is 0.296. The van der Waals surface area contributed by atoms with Gasteiger partial charge in [-0.15, -0.1) is 0 Å². The van der Waals surface area contributed by atoms with Crippen LogP contribution in [0.15, 0.2) is 77.7 Å². The molecule has 2 N–H and O–H groups in total. The zero-order valence-electron chi connectivity index (χ0n) is 19.9. The van der Waals surface area contributed by atoms with Gasteiger partial charge < -0.3 is 19.6 Å². The Morgan fingerprint density at radius 2 is 1.71 bits per heavy atom. The first-order valence-electron chi connectivity index (χ1n) is 11.5. The Labute approximate surface area is 211 Å². The fourth-order valence-electron chi connectivity index (χ4n) is 5.09. The maximum Gasteiger partial charge on any atom is 0.339 e. The summed E-state index contributed by atoms with van der Waals surface area (Å²) in [4.78, 5) is 0.104. The molecule has 2 atom stereocenters. The molecule has 0 radical (unpaired) electrons. The summed E-state index contributed by atoms with van der Waals surface area (Å²) in [5.74, 6) is 0.777. The van der Waals surface area contributed by atoms with E-state index >= 15 is 0 Å². The highest BCUT2D eigenvalue weighted by Crippen LogP contribution is 2.50. The van der Waals surface area contributed by atoms with Gasteiger partial charge in [0.25, 0.3) is 0 Å². The van der Waals surface area contributed by atoms with Crippen LogP contribution < -0.4 is 19.6 Å². The minimum atomic E-state index is -3.98. The number of fused-ring (bicyclic) bond motifs is 2. The molecule has 0 amide bonds. The molecule has 2 heterocycles. The van der Waals surface area contributed by atoms with Crippen molar-refractivity contribution in [2.75, 3.05) is 0 Å². The average molecular weight is 509 g/mol. The summed E-state index contributed by atoms with van der Waals surface area (Å²) in [6.07, 6.45) is 1.20. The molecule has 3 aromatic rings. The summed E-state index contributed by atoms with van der Waals surface area (Å²) in [7, 11) is -3.98. The first-order chi connectivity index (χ1) is 16.6. The number of nitrogens with one attached hydrogen (secondary N) is 2. The van der Waals surface area contributed by atoms with E-state index in [-0.39, 0.29) is 22.3 Å². The SMILES string of the molecule is Cc1ccc(S(=O)(=O)Oc2ccc3c(c2)O[C@H](c2ccccc2)C[C@]32CC(C)(C)NC(=S)N2)cc1. The molecule has 35 heavy (non-hydrogen) atoms. The van der Waals surface area contributed by atoms with Crippen LogP contribution in [0.2, 0.25) is 0 Å². The standard InChI is InChI=1S/C27H28N2O4S2/c1-18-9-12-21(13-10-18)35(30,31)33-20-11-14-22-23(15-20)32-24(19-7-5-4-6-8-19)16-27(22)17-26(2,3)28-25(34)29-27/h4-15,24H,16-17H2,1-3H3,(H2,28,29,34)/t24-,27-/m0/s1. The Morgan fingerprint density at radius 3 is 2.40 bits per heavy atom. The molecule has 0 aliphatic carbocycles. The second-order valence-electron chi connectivity index (χ2n) is 9.95. The highest BCUT2D eigenvalue weighted by molar-refractivity contribution is 7.87. The Bertz CT molecular complexity index is 1370. The van der Waals surface area contributed by atoms with Gasteiger partial charge in [0.15, 0.2) is 5.11 Å². The predicted molar refractivity (Wildman–Crippen MR) is 139 cm³/mol. The van der Waals surface area contributed by atoms with Gasteiger partial charge in [0, 0.05) is 23.6 Å². The number of thiocarbonyl (C=S) groups is 1. The highest BCUT2D eigenvalue weighted by Gasteiger charge is 2.49. The number of benzene rings is 3. The molecule has 2 aliphatic rings. The van der Waals surface area contributed by atoms with Crippen LogP contribution in [0.5, 0.6) is 11.5 Å². The lowest BCUT2D eigenvalue weighted by Crippen LogP contribution is -2.65. The zero-order chi connectivity index (χ0) is 24.8. The second kappa shape index (κ2) is 8.53. The van der Waals surface area contributed by atoms with E-state index in [1.165, 1.54) is 0 Å².